The van der Waals surface area contributed by atoms with Gasteiger partial charge >= 0.3 is 5.97 Å². The van der Waals surface area contributed by atoms with Crippen LogP contribution in [-0.2, 0) is 16.1 Å². The van der Waals surface area contributed by atoms with E-state index in [-0.39, 0.29) is 18.1 Å². The third kappa shape index (κ3) is 3.99. The van der Waals surface area contributed by atoms with E-state index >= 15 is 0 Å². The van der Waals surface area contributed by atoms with Crippen molar-refractivity contribution in [2.45, 2.75) is 38.5 Å². The molecule has 3 heteroatoms. The van der Waals surface area contributed by atoms with Crippen molar-refractivity contribution in [2.24, 2.45) is 0 Å². The molecule has 2 atom stereocenters. The van der Waals surface area contributed by atoms with Gasteiger partial charge < -0.3 is 4.74 Å². The SMILES string of the molecule is CC(=O)O[C@@H]1CCCN(Cc2ccccc2)[C@H]1c1ccccc1. The highest BCUT2D eigenvalue weighted by molar-refractivity contribution is 5.66. The first-order valence-corrected chi connectivity index (χ1v) is 8.24. The van der Waals surface area contributed by atoms with Crippen LogP contribution in [0.1, 0.15) is 36.9 Å². The van der Waals surface area contributed by atoms with Gasteiger partial charge in [-0.3, -0.25) is 9.69 Å². The number of carbonyl (C=O) groups excluding carboxylic acids is 1. The summed E-state index contributed by atoms with van der Waals surface area (Å²) in [5.41, 5.74) is 2.51. The molecule has 0 spiro atoms. The maximum Gasteiger partial charge on any atom is 0.302 e. The molecule has 1 saturated heterocycles. The molecule has 0 unspecified atom stereocenters. The van der Waals surface area contributed by atoms with Gasteiger partial charge in [-0.1, -0.05) is 60.7 Å². The van der Waals surface area contributed by atoms with Crippen LogP contribution in [-0.4, -0.2) is 23.5 Å². The second-order valence-electron chi connectivity index (χ2n) is 6.10. The molecule has 1 fully saturated rings. The molecule has 1 aliphatic heterocycles. The Morgan fingerprint density at radius 1 is 1.09 bits per heavy atom. The molecule has 0 aromatic heterocycles. The van der Waals surface area contributed by atoms with Crippen LogP contribution in [0.25, 0.3) is 0 Å². The standard InChI is InChI=1S/C20H23NO2/c1-16(22)23-19-13-8-14-21(15-17-9-4-2-5-10-17)20(19)18-11-6-3-7-12-18/h2-7,9-12,19-20H,8,13-15H2,1H3/t19-,20+/m1/s1. The van der Waals surface area contributed by atoms with E-state index in [9.17, 15) is 4.79 Å². The van der Waals surface area contributed by atoms with Crippen molar-refractivity contribution in [3.63, 3.8) is 0 Å². The second kappa shape index (κ2) is 7.42. The van der Waals surface area contributed by atoms with E-state index in [1.807, 2.05) is 12.1 Å². The summed E-state index contributed by atoms with van der Waals surface area (Å²) in [6.07, 6.45) is 1.89. The van der Waals surface area contributed by atoms with Gasteiger partial charge in [-0.05, 0) is 30.5 Å². The Morgan fingerprint density at radius 2 is 1.74 bits per heavy atom. The zero-order valence-corrected chi connectivity index (χ0v) is 13.5. The third-order valence-corrected chi connectivity index (χ3v) is 4.37. The fourth-order valence-electron chi connectivity index (χ4n) is 3.44. The van der Waals surface area contributed by atoms with Crippen LogP contribution < -0.4 is 0 Å². The lowest BCUT2D eigenvalue weighted by atomic mass is 9.91. The molecule has 2 aromatic carbocycles. The molecule has 0 radical (unpaired) electrons. The molecule has 23 heavy (non-hydrogen) atoms. The predicted octanol–water partition coefficient (Wildman–Crippen LogP) is 3.96. The van der Waals surface area contributed by atoms with Gasteiger partial charge in [0.25, 0.3) is 0 Å². The Labute approximate surface area is 137 Å². The highest BCUT2D eigenvalue weighted by atomic mass is 16.5. The van der Waals surface area contributed by atoms with Gasteiger partial charge in [-0.2, -0.15) is 0 Å². The minimum absolute atomic E-state index is 0.0765. The molecule has 2 aromatic rings. The normalized spacial score (nSPS) is 21.8. The number of piperidine rings is 1. The van der Waals surface area contributed by atoms with Crippen molar-refractivity contribution in [3.05, 3.63) is 71.8 Å². The van der Waals surface area contributed by atoms with Crippen LogP contribution in [0.4, 0.5) is 0 Å². The van der Waals surface area contributed by atoms with Crippen molar-refractivity contribution >= 4 is 5.97 Å². The summed E-state index contributed by atoms with van der Waals surface area (Å²) >= 11 is 0. The van der Waals surface area contributed by atoms with E-state index in [0.717, 1.165) is 25.9 Å². The molecule has 3 rings (SSSR count). The van der Waals surface area contributed by atoms with E-state index in [1.54, 1.807) is 0 Å². The number of likely N-dealkylation sites (tertiary alicyclic amines) is 1. The molecular formula is C20H23NO2. The highest BCUT2D eigenvalue weighted by Crippen LogP contribution is 2.34. The summed E-state index contributed by atoms with van der Waals surface area (Å²) in [6, 6.07) is 21.0. The Hall–Kier alpha value is -2.13. The number of ether oxygens (including phenoxy) is 1. The van der Waals surface area contributed by atoms with Gasteiger partial charge in [0.15, 0.2) is 0 Å². The number of nitrogens with zero attached hydrogens (tertiary/aromatic N) is 1. The Morgan fingerprint density at radius 3 is 2.39 bits per heavy atom. The Balaban J connectivity index is 1.87. The quantitative estimate of drug-likeness (QED) is 0.801. The minimum atomic E-state index is -0.197. The second-order valence-corrected chi connectivity index (χ2v) is 6.10. The van der Waals surface area contributed by atoms with Crippen LogP contribution in [0.15, 0.2) is 60.7 Å². The van der Waals surface area contributed by atoms with Gasteiger partial charge in [0, 0.05) is 13.5 Å². The van der Waals surface area contributed by atoms with Gasteiger partial charge in [0.2, 0.25) is 0 Å². The van der Waals surface area contributed by atoms with E-state index in [2.05, 4.69) is 53.4 Å². The van der Waals surface area contributed by atoms with Gasteiger partial charge in [-0.15, -0.1) is 0 Å². The van der Waals surface area contributed by atoms with Crippen LogP contribution in [0.2, 0.25) is 0 Å². The van der Waals surface area contributed by atoms with Crippen LogP contribution >= 0.6 is 0 Å². The average molecular weight is 309 g/mol. The summed E-state index contributed by atoms with van der Waals surface area (Å²) in [5, 5.41) is 0. The molecule has 0 aliphatic carbocycles. The van der Waals surface area contributed by atoms with E-state index in [4.69, 9.17) is 4.74 Å². The average Bonchev–Trinajstić information content (AvgIpc) is 2.56. The molecule has 120 valence electrons. The summed E-state index contributed by atoms with van der Waals surface area (Å²) < 4.78 is 5.65. The highest BCUT2D eigenvalue weighted by Gasteiger charge is 2.34. The van der Waals surface area contributed by atoms with Crippen molar-refractivity contribution < 1.29 is 9.53 Å². The number of hydrogen-bond acceptors (Lipinski definition) is 3. The topological polar surface area (TPSA) is 29.5 Å². The van der Waals surface area contributed by atoms with Crippen molar-refractivity contribution in [1.29, 1.82) is 0 Å². The Kier molecular flexibility index (Phi) is 5.09. The number of esters is 1. The predicted molar refractivity (Wildman–Crippen MR) is 90.8 cm³/mol. The molecular weight excluding hydrogens is 286 g/mol. The van der Waals surface area contributed by atoms with Gasteiger partial charge in [-0.25, -0.2) is 0 Å². The Bertz CT molecular complexity index is 627. The summed E-state index contributed by atoms with van der Waals surface area (Å²) in [4.78, 5) is 13.9. The van der Waals surface area contributed by atoms with Crippen molar-refractivity contribution in [2.75, 3.05) is 6.54 Å². The van der Waals surface area contributed by atoms with Crippen molar-refractivity contribution in [3.8, 4) is 0 Å². The smallest absolute Gasteiger partial charge is 0.302 e. The molecule has 0 saturated carbocycles. The molecule has 0 N–H and O–H groups in total. The summed E-state index contributed by atoms with van der Waals surface area (Å²) in [7, 11) is 0. The first kappa shape index (κ1) is 15.8. The molecule has 1 heterocycles. The molecule has 0 amide bonds. The van der Waals surface area contributed by atoms with Crippen LogP contribution in [0.3, 0.4) is 0 Å². The maximum absolute atomic E-state index is 11.5. The van der Waals surface area contributed by atoms with Gasteiger partial charge in [0.1, 0.15) is 6.10 Å². The summed E-state index contributed by atoms with van der Waals surface area (Å²) in [5.74, 6) is -0.197. The van der Waals surface area contributed by atoms with Crippen molar-refractivity contribution in [1.82, 2.24) is 4.90 Å². The lowest BCUT2D eigenvalue weighted by Crippen LogP contribution is -2.43. The number of benzene rings is 2. The zero-order valence-electron chi connectivity index (χ0n) is 13.5. The number of carbonyl (C=O) groups is 1. The molecule has 1 aliphatic rings. The molecule has 0 bridgehead atoms. The van der Waals surface area contributed by atoms with Crippen LogP contribution in [0, 0.1) is 0 Å². The fraction of sp³-hybridized carbons (Fsp3) is 0.350. The largest absolute Gasteiger partial charge is 0.461 e. The molecule has 3 nitrogen and oxygen atoms in total. The first-order chi connectivity index (χ1) is 11.2. The number of hydrogen-bond donors (Lipinski definition) is 0. The summed E-state index contributed by atoms with van der Waals surface area (Å²) in [6.45, 7) is 3.39. The fourth-order valence-corrected chi connectivity index (χ4v) is 3.44. The minimum Gasteiger partial charge on any atom is -0.461 e. The van der Waals surface area contributed by atoms with E-state index < -0.39 is 0 Å². The lowest BCUT2D eigenvalue weighted by Gasteiger charge is -2.41. The number of rotatable bonds is 4. The first-order valence-electron chi connectivity index (χ1n) is 8.24. The lowest BCUT2D eigenvalue weighted by molar-refractivity contribution is -0.153. The maximum atomic E-state index is 11.5. The van der Waals surface area contributed by atoms with E-state index in [0.29, 0.717) is 0 Å². The monoisotopic (exact) mass is 309 g/mol. The third-order valence-electron chi connectivity index (χ3n) is 4.37. The zero-order chi connectivity index (χ0) is 16.1. The van der Waals surface area contributed by atoms with Gasteiger partial charge in [0.05, 0.1) is 6.04 Å². The van der Waals surface area contributed by atoms with Crippen LogP contribution in [0.5, 0.6) is 0 Å². The van der Waals surface area contributed by atoms with E-state index in [1.165, 1.54) is 18.1 Å².